The molecule has 1 aliphatic carbocycles. The van der Waals surface area contributed by atoms with Gasteiger partial charge in [-0.3, -0.25) is 9.59 Å². The zero-order valence-corrected chi connectivity index (χ0v) is 14.2. The quantitative estimate of drug-likeness (QED) is 0.778. The summed E-state index contributed by atoms with van der Waals surface area (Å²) in [6.45, 7) is 8.84. The number of hydrogen-bond acceptors (Lipinski definition) is 3. The van der Waals surface area contributed by atoms with Crippen molar-refractivity contribution in [3.63, 3.8) is 0 Å². The third kappa shape index (κ3) is 2.88. The highest BCUT2D eigenvalue weighted by Crippen LogP contribution is 2.38. The van der Waals surface area contributed by atoms with E-state index >= 15 is 0 Å². The lowest BCUT2D eigenvalue weighted by Gasteiger charge is -2.35. The Morgan fingerprint density at radius 3 is 2.48 bits per heavy atom. The van der Waals surface area contributed by atoms with Gasteiger partial charge in [-0.2, -0.15) is 0 Å². The minimum atomic E-state index is 0.0787. The molecule has 0 unspecified atom stereocenters. The monoisotopic (exact) mass is 319 g/mol. The van der Waals surface area contributed by atoms with Crippen molar-refractivity contribution in [2.24, 2.45) is 23.7 Å². The summed E-state index contributed by atoms with van der Waals surface area (Å²) in [5.74, 6) is 2.01. The molecule has 5 heteroatoms. The van der Waals surface area contributed by atoms with Crippen LogP contribution in [0.4, 0.5) is 0 Å². The number of amides is 2. The van der Waals surface area contributed by atoms with E-state index in [0.29, 0.717) is 30.2 Å². The first kappa shape index (κ1) is 15.4. The van der Waals surface area contributed by atoms with Crippen LogP contribution < -0.4 is 0 Å². The lowest BCUT2D eigenvalue weighted by atomic mass is 9.75. The van der Waals surface area contributed by atoms with Gasteiger partial charge in [0.1, 0.15) is 0 Å². The van der Waals surface area contributed by atoms with Crippen LogP contribution in [-0.2, 0) is 9.59 Å². The maximum absolute atomic E-state index is 12.6. The number of carbonyl (C=O) groups excluding carboxylic acids is 2. The fraction of sp³-hybridized carbons (Fsp3) is 0.889. The molecule has 3 heterocycles. The standard InChI is InChI=1S/C18H29N3O2/c1-13-8-14(9-13)17(22)21-11-15-10-20(18(23)16(15)12-21)7-6-19-4-2-3-5-19/h13-16H,2-12H2,1H3/t13?,14?,15-,16+/m1/s1. The van der Waals surface area contributed by atoms with E-state index in [1.54, 1.807) is 0 Å². The van der Waals surface area contributed by atoms with Crippen molar-refractivity contribution in [1.29, 1.82) is 0 Å². The zero-order valence-electron chi connectivity index (χ0n) is 14.2. The lowest BCUT2D eigenvalue weighted by Crippen LogP contribution is -2.43. The largest absolute Gasteiger partial charge is 0.341 e. The van der Waals surface area contributed by atoms with Crippen molar-refractivity contribution in [3.8, 4) is 0 Å². The van der Waals surface area contributed by atoms with Crippen molar-refractivity contribution in [3.05, 3.63) is 0 Å². The summed E-state index contributed by atoms with van der Waals surface area (Å²) in [6.07, 6.45) is 4.69. The van der Waals surface area contributed by atoms with E-state index in [0.717, 1.165) is 39.0 Å². The Bertz CT molecular complexity index is 483. The number of fused-ring (bicyclic) bond motifs is 1. The van der Waals surface area contributed by atoms with Crippen LogP contribution in [0.2, 0.25) is 0 Å². The second kappa shape index (κ2) is 6.08. The van der Waals surface area contributed by atoms with Gasteiger partial charge in [-0.25, -0.2) is 0 Å². The molecule has 3 aliphatic heterocycles. The van der Waals surface area contributed by atoms with Gasteiger partial charge in [0.25, 0.3) is 0 Å². The van der Waals surface area contributed by atoms with Crippen LogP contribution >= 0.6 is 0 Å². The first-order valence-corrected chi connectivity index (χ1v) is 9.41. The molecule has 4 aliphatic rings. The van der Waals surface area contributed by atoms with E-state index in [9.17, 15) is 9.59 Å². The Kier molecular flexibility index (Phi) is 4.08. The number of nitrogens with zero attached hydrogens (tertiary/aromatic N) is 3. The molecule has 5 nitrogen and oxygen atoms in total. The topological polar surface area (TPSA) is 43.9 Å². The SMILES string of the molecule is CC1CC(C(=O)N2C[C@H]3CN(CCN4CCCC4)C(=O)[C@H]3C2)C1. The van der Waals surface area contributed by atoms with Crippen LogP contribution in [0.25, 0.3) is 0 Å². The van der Waals surface area contributed by atoms with Gasteiger partial charge in [0.2, 0.25) is 11.8 Å². The summed E-state index contributed by atoms with van der Waals surface area (Å²) < 4.78 is 0. The minimum absolute atomic E-state index is 0.0787. The van der Waals surface area contributed by atoms with Crippen LogP contribution in [0.15, 0.2) is 0 Å². The van der Waals surface area contributed by atoms with Crippen LogP contribution in [0, 0.1) is 23.7 Å². The molecule has 2 amide bonds. The Morgan fingerprint density at radius 2 is 1.83 bits per heavy atom. The van der Waals surface area contributed by atoms with E-state index in [1.165, 1.54) is 25.9 Å². The highest BCUT2D eigenvalue weighted by Gasteiger charge is 2.48. The van der Waals surface area contributed by atoms with E-state index in [4.69, 9.17) is 0 Å². The first-order chi connectivity index (χ1) is 11.1. The molecule has 0 aromatic carbocycles. The molecule has 4 rings (SSSR count). The van der Waals surface area contributed by atoms with Crippen LogP contribution in [0.3, 0.4) is 0 Å². The van der Waals surface area contributed by atoms with Gasteiger partial charge < -0.3 is 14.7 Å². The van der Waals surface area contributed by atoms with Crippen LogP contribution in [0.1, 0.15) is 32.6 Å². The molecule has 1 saturated carbocycles. The molecule has 0 aromatic rings. The Hall–Kier alpha value is -1.10. The Balaban J connectivity index is 1.27. The molecular weight excluding hydrogens is 290 g/mol. The van der Waals surface area contributed by atoms with Crippen LogP contribution in [-0.4, -0.2) is 72.3 Å². The number of carbonyl (C=O) groups is 2. The molecule has 2 atom stereocenters. The maximum Gasteiger partial charge on any atom is 0.227 e. The third-order valence-electron chi connectivity index (χ3n) is 6.44. The minimum Gasteiger partial charge on any atom is -0.341 e. The number of hydrogen-bond donors (Lipinski definition) is 0. The molecule has 23 heavy (non-hydrogen) atoms. The van der Waals surface area contributed by atoms with Gasteiger partial charge in [0.15, 0.2) is 0 Å². The highest BCUT2D eigenvalue weighted by molar-refractivity contribution is 5.85. The molecule has 0 bridgehead atoms. The Morgan fingerprint density at radius 1 is 1.09 bits per heavy atom. The molecular formula is C18H29N3O2. The van der Waals surface area contributed by atoms with Crippen molar-refractivity contribution in [1.82, 2.24) is 14.7 Å². The molecule has 0 radical (unpaired) electrons. The number of rotatable bonds is 4. The van der Waals surface area contributed by atoms with Gasteiger partial charge in [-0.1, -0.05) is 6.92 Å². The van der Waals surface area contributed by atoms with Crippen molar-refractivity contribution in [2.45, 2.75) is 32.6 Å². The van der Waals surface area contributed by atoms with Gasteiger partial charge >= 0.3 is 0 Å². The fourth-order valence-electron chi connectivity index (χ4n) is 4.96. The summed E-state index contributed by atoms with van der Waals surface area (Å²) in [5.41, 5.74) is 0. The molecule has 128 valence electrons. The normalized spacial score (nSPS) is 37.3. The van der Waals surface area contributed by atoms with Gasteiger partial charge in [0, 0.05) is 44.6 Å². The third-order valence-corrected chi connectivity index (χ3v) is 6.44. The van der Waals surface area contributed by atoms with Gasteiger partial charge in [0.05, 0.1) is 5.92 Å². The highest BCUT2D eigenvalue weighted by atomic mass is 16.2. The lowest BCUT2D eigenvalue weighted by molar-refractivity contribution is -0.139. The summed E-state index contributed by atoms with van der Waals surface area (Å²) >= 11 is 0. The predicted molar refractivity (Wildman–Crippen MR) is 87.7 cm³/mol. The predicted octanol–water partition coefficient (Wildman–Crippen LogP) is 1.05. The van der Waals surface area contributed by atoms with Crippen LogP contribution in [0.5, 0.6) is 0 Å². The zero-order chi connectivity index (χ0) is 16.0. The van der Waals surface area contributed by atoms with E-state index in [2.05, 4.69) is 16.7 Å². The number of likely N-dealkylation sites (tertiary alicyclic amines) is 3. The average molecular weight is 319 g/mol. The second-order valence-electron chi connectivity index (χ2n) is 8.22. The van der Waals surface area contributed by atoms with E-state index < -0.39 is 0 Å². The van der Waals surface area contributed by atoms with Crippen molar-refractivity contribution >= 4 is 11.8 Å². The summed E-state index contributed by atoms with van der Waals surface area (Å²) in [5, 5.41) is 0. The molecule has 3 saturated heterocycles. The summed E-state index contributed by atoms with van der Waals surface area (Å²) in [6, 6.07) is 0. The van der Waals surface area contributed by atoms with E-state index in [-0.39, 0.29) is 11.8 Å². The fourth-order valence-corrected chi connectivity index (χ4v) is 4.96. The average Bonchev–Trinajstić information content (AvgIpc) is 3.20. The van der Waals surface area contributed by atoms with Crippen molar-refractivity contribution < 1.29 is 9.59 Å². The van der Waals surface area contributed by atoms with E-state index in [1.807, 2.05) is 4.90 Å². The van der Waals surface area contributed by atoms with Gasteiger partial charge in [-0.15, -0.1) is 0 Å². The summed E-state index contributed by atoms with van der Waals surface area (Å²) in [7, 11) is 0. The Labute approximate surface area is 139 Å². The van der Waals surface area contributed by atoms with Crippen molar-refractivity contribution in [2.75, 3.05) is 45.8 Å². The maximum atomic E-state index is 12.6. The van der Waals surface area contributed by atoms with Gasteiger partial charge in [-0.05, 0) is 44.7 Å². The molecule has 0 spiro atoms. The first-order valence-electron chi connectivity index (χ1n) is 9.41. The smallest absolute Gasteiger partial charge is 0.227 e. The molecule has 0 aromatic heterocycles. The molecule has 0 N–H and O–H groups in total. The summed E-state index contributed by atoms with van der Waals surface area (Å²) in [4.78, 5) is 31.6. The molecule has 4 fully saturated rings. The second-order valence-corrected chi connectivity index (χ2v) is 8.22.